The Balaban J connectivity index is 2.18. The monoisotopic (exact) mass is 339 g/mol. The highest BCUT2D eigenvalue weighted by molar-refractivity contribution is 9.41. The van der Waals surface area contributed by atoms with Gasteiger partial charge in [-0.1, -0.05) is 36.4 Å². The molecule has 2 aromatic rings. The zero-order chi connectivity index (χ0) is 13.7. The molecule has 0 N–H and O–H groups in total. The Hall–Kier alpha value is -1.05. The van der Waals surface area contributed by atoms with Crippen molar-refractivity contribution < 1.29 is 9.05 Å². The molecule has 0 aliphatic carbocycles. The summed E-state index contributed by atoms with van der Waals surface area (Å²) in [4.78, 5) is 0. The summed E-state index contributed by atoms with van der Waals surface area (Å²) in [5.74, 6) is 1.63. The van der Waals surface area contributed by atoms with Crippen LogP contribution in [0.1, 0.15) is 13.8 Å². The molecular formula is C15H17BrO2P+. The molecule has 0 atom stereocenters. The lowest BCUT2D eigenvalue weighted by Crippen LogP contribution is -2.12. The molecule has 0 aliphatic heterocycles. The van der Waals surface area contributed by atoms with Gasteiger partial charge in [-0.3, -0.25) is 9.05 Å². The maximum Gasteiger partial charge on any atom is 0.432 e. The molecule has 0 unspecified atom stereocenters. The van der Waals surface area contributed by atoms with E-state index < -0.39 is 6.42 Å². The van der Waals surface area contributed by atoms with Crippen molar-refractivity contribution >= 4 is 21.9 Å². The van der Waals surface area contributed by atoms with Gasteiger partial charge in [0, 0.05) is 0 Å². The summed E-state index contributed by atoms with van der Waals surface area (Å²) in [6.07, 6.45) is -2.17. The van der Waals surface area contributed by atoms with Gasteiger partial charge in [-0.05, 0) is 38.1 Å². The average molecular weight is 340 g/mol. The molecule has 0 saturated carbocycles. The lowest BCUT2D eigenvalue weighted by atomic mass is 10.3. The summed E-state index contributed by atoms with van der Waals surface area (Å²) >= 11 is 3.69. The van der Waals surface area contributed by atoms with E-state index in [9.17, 15) is 0 Å². The SMILES string of the molecule is CC(C)[P+](Br)(Oc1ccccc1)Oc1ccccc1. The van der Waals surface area contributed by atoms with Crippen LogP contribution in [0.2, 0.25) is 0 Å². The third-order valence-electron chi connectivity index (χ3n) is 2.56. The zero-order valence-corrected chi connectivity index (χ0v) is 13.5. The number of halogens is 1. The van der Waals surface area contributed by atoms with Gasteiger partial charge in [-0.15, -0.1) is 0 Å². The van der Waals surface area contributed by atoms with Crippen LogP contribution in [0.3, 0.4) is 0 Å². The molecule has 0 radical (unpaired) electrons. The maximum atomic E-state index is 6.07. The fraction of sp³-hybridized carbons (Fsp3) is 0.200. The van der Waals surface area contributed by atoms with Crippen LogP contribution in [0.25, 0.3) is 0 Å². The minimum atomic E-state index is -2.17. The predicted octanol–water partition coefficient (Wildman–Crippen LogP) is 5.71. The quantitative estimate of drug-likeness (QED) is 0.649. The molecule has 0 aliphatic rings. The van der Waals surface area contributed by atoms with Crippen LogP contribution >= 0.6 is 21.9 Å². The number of hydrogen-bond acceptors (Lipinski definition) is 2. The van der Waals surface area contributed by atoms with E-state index in [4.69, 9.17) is 9.05 Å². The maximum absolute atomic E-state index is 6.07. The molecule has 4 heteroatoms. The van der Waals surface area contributed by atoms with E-state index in [0.29, 0.717) is 0 Å². The summed E-state index contributed by atoms with van der Waals surface area (Å²) < 4.78 is 12.1. The second-order valence-corrected chi connectivity index (χ2v) is 9.83. The second kappa shape index (κ2) is 6.40. The molecule has 100 valence electrons. The van der Waals surface area contributed by atoms with Gasteiger partial charge in [0.25, 0.3) is 0 Å². The van der Waals surface area contributed by atoms with Crippen molar-refractivity contribution in [2.75, 3.05) is 0 Å². The van der Waals surface area contributed by atoms with Crippen LogP contribution in [0.15, 0.2) is 60.7 Å². The Labute approximate surface area is 123 Å². The number of hydrogen-bond donors (Lipinski definition) is 0. The zero-order valence-electron chi connectivity index (χ0n) is 11.0. The Bertz CT molecular complexity index is 461. The molecule has 0 heterocycles. The fourth-order valence-electron chi connectivity index (χ4n) is 1.48. The molecule has 0 saturated heterocycles. The van der Waals surface area contributed by atoms with E-state index >= 15 is 0 Å². The predicted molar refractivity (Wildman–Crippen MR) is 85.1 cm³/mol. The largest absolute Gasteiger partial charge is 0.432 e. The Kier molecular flexibility index (Phi) is 4.84. The van der Waals surface area contributed by atoms with Crippen LogP contribution in [0, 0.1) is 0 Å². The van der Waals surface area contributed by atoms with Crippen molar-refractivity contribution in [3.05, 3.63) is 60.7 Å². The highest BCUT2D eigenvalue weighted by Crippen LogP contribution is 2.70. The first-order valence-corrected chi connectivity index (χ1v) is 9.89. The molecule has 0 aromatic heterocycles. The Morgan fingerprint density at radius 1 is 0.789 bits per heavy atom. The molecule has 2 nitrogen and oxygen atoms in total. The van der Waals surface area contributed by atoms with E-state index in [1.165, 1.54) is 0 Å². The van der Waals surface area contributed by atoms with Gasteiger partial charge in [-0.25, -0.2) is 0 Å². The Morgan fingerprint density at radius 2 is 1.16 bits per heavy atom. The molecule has 2 aromatic carbocycles. The van der Waals surface area contributed by atoms with Gasteiger partial charge in [0.15, 0.2) is 11.5 Å². The fourth-order valence-corrected chi connectivity index (χ4v) is 3.76. The van der Waals surface area contributed by atoms with Crippen LogP contribution in [-0.2, 0) is 0 Å². The van der Waals surface area contributed by atoms with E-state index in [2.05, 4.69) is 29.3 Å². The first-order chi connectivity index (χ1) is 9.10. The van der Waals surface area contributed by atoms with Crippen molar-refractivity contribution in [1.82, 2.24) is 0 Å². The van der Waals surface area contributed by atoms with Crippen molar-refractivity contribution in [3.63, 3.8) is 0 Å². The van der Waals surface area contributed by atoms with Crippen LogP contribution < -0.4 is 9.05 Å². The number of rotatable bonds is 5. The Morgan fingerprint density at radius 3 is 1.47 bits per heavy atom. The van der Waals surface area contributed by atoms with Crippen LogP contribution in [0.4, 0.5) is 0 Å². The first-order valence-electron chi connectivity index (χ1n) is 6.18. The summed E-state index contributed by atoms with van der Waals surface area (Å²) in [5.41, 5.74) is 0.243. The molecule has 0 spiro atoms. The molecule has 2 rings (SSSR count). The number of para-hydroxylation sites is 2. The number of benzene rings is 2. The average Bonchev–Trinajstić information content (AvgIpc) is 2.40. The summed E-state index contributed by atoms with van der Waals surface area (Å²) in [7, 11) is 0. The smallest absolute Gasteiger partial charge is 0.298 e. The normalized spacial score (nSPS) is 11.4. The molecule has 0 fully saturated rings. The summed E-state index contributed by atoms with van der Waals surface area (Å²) in [6, 6.07) is 19.5. The highest BCUT2D eigenvalue weighted by Gasteiger charge is 2.47. The van der Waals surface area contributed by atoms with E-state index in [1.807, 2.05) is 60.7 Å². The third-order valence-corrected chi connectivity index (χ3v) is 8.04. The first kappa shape index (κ1) is 14.4. The van der Waals surface area contributed by atoms with Crippen molar-refractivity contribution in [2.45, 2.75) is 19.5 Å². The standard InChI is InChI=1S/C15H17BrO2P/c1-13(2)19(16,17-14-9-5-3-6-10-14)18-15-11-7-4-8-12-15/h3-13H,1-2H3/q+1. The minimum Gasteiger partial charge on any atom is -0.298 e. The summed E-state index contributed by atoms with van der Waals surface area (Å²) in [5, 5.41) is 0. The van der Waals surface area contributed by atoms with E-state index in [0.717, 1.165) is 11.5 Å². The lowest BCUT2D eigenvalue weighted by Gasteiger charge is -2.21. The highest BCUT2D eigenvalue weighted by atomic mass is 79.9. The van der Waals surface area contributed by atoms with Gasteiger partial charge in [0.1, 0.15) is 5.66 Å². The molecule has 0 bridgehead atoms. The van der Waals surface area contributed by atoms with Crippen molar-refractivity contribution in [1.29, 1.82) is 0 Å². The van der Waals surface area contributed by atoms with Crippen molar-refractivity contribution in [3.8, 4) is 11.5 Å². The second-order valence-electron chi connectivity index (χ2n) is 4.42. The van der Waals surface area contributed by atoms with Gasteiger partial charge in [0.05, 0.1) is 0 Å². The molecule has 19 heavy (non-hydrogen) atoms. The van der Waals surface area contributed by atoms with Gasteiger partial charge >= 0.3 is 6.42 Å². The topological polar surface area (TPSA) is 18.5 Å². The summed E-state index contributed by atoms with van der Waals surface area (Å²) in [6.45, 7) is 4.18. The molecule has 0 amide bonds. The van der Waals surface area contributed by atoms with E-state index in [-0.39, 0.29) is 5.66 Å². The van der Waals surface area contributed by atoms with Gasteiger partial charge in [-0.2, -0.15) is 0 Å². The minimum absolute atomic E-state index is 0.243. The van der Waals surface area contributed by atoms with Gasteiger partial charge < -0.3 is 0 Å². The van der Waals surface area contributed by atoms with Gasteiger partial charge in [0.2, 0.25) is 15.5 Å². The van der Waals surface area contributed by atoms with E-state index in [1.54, 1.807) is 0 Å². The van der Waals surface area contributed by atoms with Crippen LogP contribution in [0.5, 0.6) is 11.5 Å². The third kappa shape index (κ3) is 3.95. The molecular weight excluding hydrogens is 323 g/mol. The lowest BCUT2D eigenvalue weighted by molar-refractivity contribution is 0.474. The van der Waals surface area contributed by atoms with Crippen LogP contribution in [-0.4, -0.2) is 5.66 Å². The van der Waals surface area contributed by atoms with Crippen molar-refractivity contribution in [2.24, 2.45) is 0 Å².